The summed E-state index contributed by atoms with van der Waals surface area (Å²) in [6.07, 6.45) is 0. The maximum Gasteiger partial charge on any atom is 0.325 e. The van der Waals surface area contributed by atoms with Crippen LogP contribution in [0.15, 0.2) is 46.9 Å². The Morgan fingerprint density at radius 1 is 1.12 bits per heavy atom. The van der Waals surface area contributed by atoms with Crippen molar-refractivity contribution >= 4 is 39.4 Å². The van der Waals surface area contributed by atoms with Crippen LogP contribution in [0.25, 0.3) is 0 Å². The van der Waals surface area contributed by atoms with Gasteiger partial charge in [-0.05, 0) is 36.4 Å². The van der Waals surface area contributed by atoms with Gasteiger partial charge in [-0.2, -0.15) is 0 Å². The molecule has 0 unspecified atom stereocenters. The molecular weight excluding hydrogens is 392 g/mol. The van der Waals surface area contributed by atoms with E-state index >= 15 is 0 Å². The van der Waals surface area contributed by atoms with Gasteiger partial charge in [0.25, 0.3) is 11.8 Å². The first kappa shape index (κ1) is 18.5. The lowest BCUT2D eigenvalue weighted by molar-refractivity contribution is -0.139. The third-order valence-corrected chi connectivity index (χ3v) is 3.70. The van der Waals surface area contributed by atoms with Crippen LogP contribution in [0.3, 0.4) is 0 Å². The zero-order valence-corrected chi connectivity index (χ0v) is 14.8. The number of aromatic hydroxyl groups is 1. The normalized spacial score (nSPS) is 10.0. The van der Waals surface area contributed by atoms with E-state index in [2.05, 4.69) is 31.3 Å². The lowest BCUT2D eigenvalue weighted by Gasteiger charge is -2.09. The quantitative estimate of drug-likeness (QED) is 0.660. The minimum absolute atomic E-state index is 0.101. The Morgan fingerprint density at radius 3 is 2.56 bits per heavy atom. The maximum atomic E-state index is 12.2. The van der Waals surface area contributed by atoms with Crippen LogP contribution in [-0.2, 0) is 9.53 Å². The number of ether oxygens (including phenoxy) is 1. The lowest BCUT2D eigenvalue weighted by atomic mass is 10.1. The Morgan fingerprint density at radius 2 is 1.88 bits per heavy atom. The topological polar surface area (TPSA) is 105 Å². The largest absolute Gasteiger partial charge is 0.507 e. The van der Waals surface area contributed by atoms with Gasteiger partial charge < -0.3 is 20.5 Å². The number of esters is 1. The highest BCUT2D eigenvalue weighted by molar-refractivity contribution is 9.10. The molecule has 2 amide bonds. The number of benzene rings is 2. The van der Waals surface area contributed by atoms with Gasteiger partial charge in [0.2, 0.25) is 0 Å². The molecule has 2 aromatic carbocycles. The molecule has 2 aromatic rings. The van der Waals surface area contributed by atoms with Crippen molar-refractivity contribution in [3.05, 3.63) is 58.1 Å². The highest BCUT2D eigenvalue weighted by Crippen LogP contribution is 2.23. The summed E-state index contributed by atoms with van der Waals surface area (Å²) in [6.45, 7) is -0.251. The fraction of sp³-hybridized carbons (Fsp3) is 0.118. The Kier molecular flexibility index (Phi) is 6.13. The molecule has 8 heteroatoms. The molecule has 0 aliphatic carbocycles. The molecule has 0 saturated carbocycles. The van der Waals surface area contributed by atoms with Crippen LogP contribution in [0.1, 0.15) is 20.7 Å². The minimum atomic E-state index is -0.566. The van der Waals surface area contributed by atoms with E-state index in [9.17, 15) is 19.5 Å². The fourth-order valence-corrected chi connectivity index (χ4v) is 2.31. The van der Waals surface area contributed by atoms with Crippen LogP contribution in [0.2, 0.25) is 0 Å². The van der Waals surface area contributed by atoms with Gasteiger partial charge in [-0.1, -0.05) is 22.0 Å². The number of hydrogen-bond donors (Lipinski definition) is 3. The summed E-state index contributed by atoms with van der Waals surface area (Å²) in [6, 6.07) is 10.7. The smallest absolute Gasteiger partial charge is 0.325 e. The number of amides is 2. The number of carbonyl (C=O) groups excluding carboxylic acids is 3. The zero-order chi connectivity index (χ0) is 18.4. The molecule has 0 radical (unpaired) electrons. The maximum absolute atomic E-state index is 12.2. The number of halogens is 1. The SMILES string of the molecule is COC(=O)CNC(=O)c1cccc(NC(=O)c2ccc(Br)cc2O)c1. The molecule has 0 spiro atoms. The van der Waals surface area contributed by atoms with Crippen molar-refractivity contribution in [2.24, 2.45) is 0 Å². The summed E-state index contributed by atoms with van der Waals surface area (Å²) in [5.41, 5.74) is 0.739. The van der Waals surface area contributed by atoms with Gasteiger partial charge in [-0.25, -0.2) is 0 Å². The van der Waals surface area contributed by atoms with Crippen LogP contribution >= 0.6 is 15.9 Å². The van der Waals surface area contributed by atoms with Crippen molar-refractivity contribution in [1.29, 1.82) is 0 Å². The van der Waals surface area contributed by atoms with Crippen LogP contribution in [0, 0.1) is 0 Å². The van der Waals surface area contributed by atoms with Crippen molar-refractivity contribution in [2.45, 2.75) is 0 Å². The summed E-state index contributed by atoms with van der Waals surface area (Å²) in [5.74, 6) is -1.73. The predicted octanol–water partition coefficient (Wildman–Crippen LogP) is 2.31. The number of rotatable bonds is 5. The van der Waals surface area contributed by atoms with E-state index in [1.807, 2.05) is 0 Å². The Hall–Kier alpha value is -2.87. The molecule has 0 fully saturated rings. The van der Waals surface area contributed by atoms with Crippen LogP contribution < -0.4 is 10.6 Å². The standard InChI is InChI=1S/C17H15BrN2O5/c1-25-15(22)9-19-16(23)10-3-2-4-12(7-10)20-17(24)13-6-5-11(18)8-14(13)21/h2-8,21H,9H2,1H3,(H,19,23)(H,20,24). The molecule has 0 saturated heterocycles. The summed E-state index contributed by atoms with van der Waals surface area (Å²) in [7, 11) is 1.22. The average Bonchev–Trinajstić information content (AvgIpc) is 2.59. The first-order chi connectivity index (χ1) is 11.9. The van der Waals surface area contributed by atoms with Gasteiger partial charge in [0.1, 0.15) is 12.3 Å². The fourth-order valence-electron chi connectivity index (χ4n) is 1.96. The number of nitrogens with one attached hydrogen (secondary N) is 2. The van der Waals surface area contributed by atoms with Crippen molar-refractivity contribution in [3.63, 3.8) is 0 Å². The van der Waals surface area contributed by atoms with Crippen LogP contribution in [-0.4, -0.2) is 36.5 Å². The van der Waals surface area contributed by atoms with E-state index < -0.39 is 17.8 Å². The van der Waals surface area contributed by atoms with Gasteiger partial charge in [0.15, 0.2) is 0 Å². The Balaban J connectivity index is 2.09. The number of hydrogen-bond acceptors (Lipinski definition) is 5. The number of carbonyl (C=O) groups is 3. The van der Waals surface area contributed by atoms with Crippen LogP contribution in [0.5, 0.6) is 5.75 Å². The monoisotopic (exact) mass is 406 g/mol. The molecule has 0 aromatic heterocycles. The molecule has 3 N–H and O–H groups in total. The van der Waals surface area contributed by atoms with Gasteiger partial charge in [-0.3, -0.25) is 14.4 Å². The molecule has 0 aliphatic heterocycles. The number of methoxy groups -OCH3 is 1. The molecule has 130 valence electrons. The lowest BCUT2D eigenvalue weighted by Crippen LogP contribution is -2.30. The highest BCUT2D eigenvalue weighted by atomic mass is 79.9. The second-order valence-electron chi connectivity index (χ2n) is 4.96. The van der Waals surface area contributed by atoms with Gasteiger partial charge in [-0.15, -0.1) is 0 Å². The molecule has 7 nitrogen and oxygen atoms in total. The van der Waals surface area contributed by atoms with E-state index in [0.717, 1.165) is 0 Å². The van der Waals surface area contributed by atoms with Crippen molar-refractivity contribution < 1.29 is 24.2 Å². The number of anilines is 1. The molecule has 0 aliphatic rings. The predicted molar refractivity (Wildman–Crippen MR) is 94.6 cm³/mol. The molecular formula is C17H15BrN2O5. The minimum Gasteiger partial charge on any atom is -0.507 e. The zero-order valence-electron chi connectivity index (χ0n) is 13.2. The van der Waals surface area contributed by atoms with Gasteiger partial charge >= 0.3 is 5.97 Å². The second-order valence-corrected chi connectivity index (χ2v) is 5.87. The third-order valence-electron chi connectivity index (χ3n) is 3.21. The first-order valence-electron chi connectivity index (χ1n) is 7.15. The Labute approximate surface area is 152 Å². The summed E-state index contributed by atoms with van der Waals surface area (Å²) < 4.78 is 5.09. The highest BCUT2D eigenvalue weighted by Gasteiger charge is 2.13. The van der Waals surface area contributed by atoms with Crippen molar-refractivity contribution in [2.75, 3.05) is 19.0 Å². The van der Waals surface area contributed by atoms with E-state index in [1.165, 1.54) is 25.3 Å². The summed E-state index contributed by atoms with van der Waals surface area (Å²) >= 11 is 3.20. The van der Waals surface area contributed by atoms with E-state index in [4.69, 9.17) is 0 Å². The third kappa shape index (κ3) is 5.05. The molecule has 25 heavy (non-hydrogen) atoms. The average molecular weight is 407 g/mol. The van der Waals surface area contributed by atoms with Gasteiger partial charge in [0.05, 0.1) is 12.7 Å². The van der Waals surface area contributed by atoms with Crippen molar-refractivity contribution in [1.82, 2.24) is 5.32 Å². The summed E-state index contributed by atoms with van der Waals surface area (Å²) in [4.78, 5) is 35.3. The van der Waals surface area contributed by atoms with Crippen LogP contribution in [0.4, 0.5) is 5.69 Å². The van der Waals surface area contributed by atoms with Gasteiger partial charge in [0, 0.05) is 15.7 Å². The van der Waals surface area contributed by atoms with E-state index in [0.29, 0.717) is 10.2 Å². The molecule has 0 atom stereocenters. The Bertz CT molecular complexity index is 822. The van der Waals surface area contributed by atoms with Crippen molar-refractivity contribution in [3.8, 4) is 5.75 Å². The molecule has 2 rings (SSSR count). The van der Waals surface area contributed by atoms with E-state index in [-0.39, 0.29) is 23.4 Å². The summed E-state index contributed by atoms with van der Waals surface area (Å²) in [5, 5.41) is 14.8. The molecule has 0 heterocycles. The van der Waals surface area contributed by atoms with E-state index in [1.54, 1.807) is 24.3 Å². The second kappa shape index (κ2) is 8.29. The number of phenolic OH excluding ortho intramolecular Hbond substituents is 1. The number of phenols is 1. The first-order valence-corrected chi connectivity index (χ1v) is 7.95. The molecule has 0 bridgehead atoms.